The lowest BCUT2D eigenvalue weighted by atomic mass is 9.98. The number of hydrogen-bond donors (Lipinski definition) is 0. The van der Waals surface area contributed by atoms with Crippen LogP contribution in [0.4, 0.5) is 0 Å². The maximum absolute atomic E-state index is 6.54. The van der Waals surface area contributed by atoms with Crippen LogP contribution in [0.3, 0.4) is 0 Å². The first-order valence-corrected chi connectivity index (χ1v) is 20.3. The molecule has 8 aromatic carbocycles. The van der Waals surface area contributed by atoms with E-state index in [0.29, 0.717) is 18.1 Å². The molecule has 0 atom stereocenters. The quantitative estimate of drug-likeness (QED) is 0.169. The van der Waals surface area contributed by atoms with E-state index in [1.165, 1.54) is 47.5 Å². The minimum absolute atomic E-state index is 0.582. The Morgan fingerprint density at radius 2 is 1.07 bits per heavy atom. The number of furan rings is 1. The Balaban J connectivity index is 0.944. The summed E-state index contributed by atoms with van der Waals surface area (Å²) in [5, 5.41) is 7.19. The van der Waals surface area contributed by atoms with E-state index in [1.807, 2.05) is 47.7 Å². The molecule has 5 nitrogen and oxygen atoms in total. The predicted molar refractivity (Wildman–Crippen MR) is 240 cm³/mol. The Hall–Kier alpha value is -7.41. The van der Waals surface area contributed by atoms with Gasteiger partial charge in [-0.1, -0.05) is 121 Å². The zero-order valence-corrected chi connectivity index (χ0v) is 31.9. The molecule has 0 spiro atoms. The second-order valence-corrected chi connectivity index (χ2v) is 15.9. The van der Waals surface area contributed by atoms with Crippen molar-refractivity contribution >= 4 is 75.3 Å². The highest BCUT2D eigenvalue weighted by Crippen LogP contribution is 2.41. The third-order valence-corrected chi connectivity index (χ3v) is 12.4. The van der Waals surface area contributed by atoms with Gasteiger partial charge >= 0.3 is 0 Å². The average molecular weight is 761 g/mol. The summed E-state index contributed by atoms with van der Waals surface area (Å²) in [6.45, 7) is 0. The van der Waals surface area contributed by atoms with E-state index in [-0.39, 0.29) is 0 Å². The Labute approximate surface area is 337 Å². The maximum Gasteiger partial charge on any atom is 0.163 e. The van der Waals surface area contributed by atoms with Crippen LogP contribution < -0.4 is 0 Å². The zero-order chi connectivity index (χ0) is 38.2. The minimum Gasteiger partial charge on any atom is -0.456 e. The molecule has 4 aromatic heterocycles. The van der Waals surface area contributed by atoms with Gasteiger partial charge in [0.05, 0.1) is 11.0 Å². The zero-order valence-electron chi connectivity index (χ0n) is 31.1. The number of rotatable bonds is 6. The van der Waals surface area contributed by atoms with Crippen LogP contribution in [0.25, 0.3) is 104 Å². The lowest BCUT2D eigenvalue weighted by molar-refractivity contribution is 0.668. The average Bonchev–Trinajstić information content (AvgIpc) is 3.96. The fourth-order valence-corrected chi connectivity index (χ4v) is 9.75. The third kappa shape index (κ3) is 5.34. The van der Waals surface area contributed by atoms with Gasteiger partial charge in [-0.2, -0.15) is 0 Å². The molecule has 12 aromatic rings. The molecule has 0 fully saturated rings. The number of fused-ring (bicyclic) bond motifs is 9. The molecule has 6 heteroatoms. The first-order valence-electron chi connectivity index (χ1n) is 19.5. The summed E-state index contributed by atoms with van der Waals surface area (Å²) < 4.78 is 11.4. The standard InChI is InChI=1S/C52H32N4OS/c1-3-12-32(13-4-1)51-53-49(54-52(55-51)33-14-5-2-6-15-33)30-36-16-11-21-48-50(36)42-29-35(23-27-47(42)58-48)34-22-26-45-41(28-34)40-25-24-37(31-46(40)57-45)56-43-19-9-7-17-38(43)39-18-8-10-20-44(39)56/h1-29,31H,30H2. The Kier molecular flexibility index (Phi) is 7.40. The highest BCUT2D eigenvalue weighted by molar-refractivity contribution is 7.25. The fourth-order valence-electron chi connectivity index (χ4n) is 8.61. The van der Waals surface area contributed by atoms with E-state index < -0.39 is 0 Å². The van der Waals surface area contributed by atoms with E-state index in [2.05, 4.69) is 150 Å². The maximum atomic E-state index is 6.54. The van der Waals surface area contributed by atoms with E-state index in [1.54, 1.807) is 0 Å². The number of nitrogens with zero attached hydrogens (tertiary/aromatic N) is 4. The summed E-state index contributed by atoms with van der Waals surface area (Å²) in [6, 6.07) is 64.1. The number of aromatic nitrogens is 4. The van der Waals surface area contributed by atoms with Crippen molar-refractivity contribution in [1.29, 1.82) is 0 Å². The Bertz CT molecular complexity index is 3440. The molecule has 58 heavy (non-hydrogen) atoms. The van der Waals surface area contributed by atoms with Crippen LogP contribution in [0.1, 0.15) is 11.4 Å². The van der Waals surface area contributed by atoms with Gasteiger partial charge in [-0.25, -0.2) is 15.0 Å². The Morgan fingerprint density at radius 3 is 1.78 bits per heavy atom. The molecule has 0 aliphatic heterocycles. The molecule has 0 saturated carbocycles. The van der Waals surface area contributed by atoms with E-state index in [9.17, 15) is 0 Å². The number of thiophene rings is 1. The minimum atomic E-state index is 0.582. The number of para-hydroxylation sites is 2. The predicted octanol–water partition coefficient (Wildman–Crippen LogP) is 13.8. The van der Waals surface area contributed by atoms with Gasteiger partial charge in [0.15, 0.2) is 11.6 Å². The molecule has 12 rings (SSSR count). The van der Waals surface area contributed by atoms with Gasteiger partial charge in [-0.15, -0.1) is 11.3 Å². The van der Waals surface area contributed by atoms with Gasteiger partial charge < -0.3 is 8.98 Å². The molecule has 272 valence electrons. The summed E-state index contributed by atoms with van der Waals surface area (Å²) >= 11 is 1.83. The van der Waals surface area contributed by atoms with Gasteiger partial charge in [-0.05, 0) is 71.3 Å². The molecule has 0 bridgehead atoms. The number of hydrogen-bond acceptors (Lipinski definition) is 5. The third-order valence-electron chi connectivity index (χ3n) is 11.3. The van der Waals surface area contributed by atoms with E-state index in [0.717, 1.165) is 55.7 Å². The van der Waals surface area contributed by atoms with Crippen LogP contribution in [0, 0.1) is 0 Å². The molecular weight excluding hydrogens is 729 g/mol. The van der Waals surface area contributed by atoms with Crippen molar-refractivity contribution in [2.24, 2.45) is 0 Å². The van der Waals surface area contributed by atoms with Gasteiger partial charge in [0.1, 0.15) is 17.0 Å². The molecule has 0 radical (unpaired) electrons. The second kappa shape index (κ2) is 13.1. The molecule has 4 heterocycles. The lowest BCUT2D eigenvalue weighted by Gasteiger charge is -2.09. The first-order chi connectivity index (χ1) is 28.7. The normalized spacial score (nSPS) is 11.9. The summed E-state index contributed by atoms with van der Waals surface area (Å²) in [7, 11) is 0. The van der Waals surface area contributed by atoms with Gasteiger partial charge in [-0.3, -0.25) is 0 Å². The first kappa shape index (κ1) is 32.8. The lowest BCUT2D eigenvalue weighted by Crippen LogP contribution is -2.04. The SMILES string of the molecule is c1ccc(-c2nc(Cc3cccc4sc5ccc(-c6ccc7oc8cc(-n9c%10ccccc%10c%10ccccc%109)ccc8c7c6)cc5c34)nc(-c3ccccc3)n2)cc1. The van der Waals surface area contributed by atoms with Gasteiger partial charge in [0.2, 0.25) is 0 Å². The topological polar surface area (TPSA) is 56.7 Å². The van der Waals surface area contributed by atoms with Crippen molar-refractivity contribution < 1.29 is 4.42 Å². The fraction of sp³-hybridized carbons (Fsp3) is 0.0192. The van der Waals surface area contributed by atoms with Crippen molar-refractivity contribution in [3.63, 3.8) is 0 Å². The van der Waals surface area contributed by atoms with Crippen molar-refractivity contribution in [1.82, 2.24) is 19.5 Å². The summed E-state index contributed by atoms with van der Waals surface area (Å²) in [5.74, 6) is 2.10. The Morgan fingerprint density at radius 1 is 0.431 bits per heavy atom. The monoisotopic (exact) mass is 760 g/mol. The highest BCUT2D eigenvalue weighted by atomic mass is 32.1. The number of benzene rings is 8. The molecule has 0 N–H and O–H groups in total. The summed E-state index contributed by atoms with van der Waals surface area (Å²) in [5.41, 5.74) is 10.7. The van der Waals surface area contributed by atoms with Gasteiger partial charge in [0, 0.05) is 71.0 Å². The molecule has 0 aliphatic rings. The van der Waals surface area contributed by atoms with Crippen LogP contribution in [-0.2, 0) is 6.42 Å². The smallest absolute Gasteiger partial charge is 0.163 e. The molecule has 0 saturated heterocycles. The van der Waals surface area contributed by atoms with Crippen molar-refractivity contribution in [3.05, 3.63) is 193 Å². The van der Waals surface area contributed by atoms with Crippen molar-refractivity contribution in [3.8, 4) is 39.6 Å². The van der Waals surface area contributed by atoms with Crippen LogP contribution in [-0.4, -0.2) is 19.5 Å². The summed E-state index contributed by atoms with van der Waals surface area (Å²) in [4.78, 5) is 15.0. The molecule has 0 amide bonds. The van der Waals surface area contributed by atoms with Crippen LogP contribution in [0.15, 0.2) is 186 Å². The largest absolute Gasteiger partial charge is 0.456 e. The van der Waals surface area contributed by atoms with Crippen molar-refractivity contribution in [2.75, 3.05) is 0 Å². The summed E-state index contributed by atoms with van der Waals surface area (Å²) in [6.07, 6.45) is 0.582. The highest BCUT2D eigenvalue weighted by Gasteiger charge is 2.17. The second-order valence-electron chi connectivity index (χ2n) is 14.8. The van der Waals surface area contributed by atoms with Crippen LogP contribution in [0.5, 0.6) is 0 Å². The molecular formula is C52H32N4OS. The van der Waals surface area contributed by atoms with E-state index in [4.69, 9.17) is 19.4 Å². The van der Waals surface area contributed by atoms with Crippen LogP contribution >= 0.6 is 11.3 Å². The molecule has 0 unspecified atom stereocenters. The van der Waals surface area contributed by atoms with Crippen LogP contribution in [0.2, 0.25) is 0 Å². The van der Waals surface area contributed by atoms with Gasteiger partial charge in [0.25, 0.3) is 0 Å². The van der Waals surface area contributed by atoms with Crippen molar-refractivity contribution in [2.45, 2.75) is 6.42 Å². The molecule has 0 aliphatic carbocycles. The van der Waals surface area contributed by atoms with E-state index >= 15 is 0 Å².